The zero-order chi connectivity index (χ0) is 31.1. The molecule has 3 aromatic carbocycles. The Morgan fingerprint density at radius 1 is 1.02 bits per heavy atom. The maximum atomic E-state index is 14.8. The van der Waals surface area contributed by atoms with Gasteiger partial charge < -0.3 is 26.0 Å². The van der Waals surface area contributed by atoms with Crippen LogP contribution in [0, 0.1) is 29.3 Å². The van der Waals surface area contributed by atoms with Crippen molar-refractivity contribution in [2.75, 3.05) is 37.7 Å². The Kier molecular flexibility index (Phi) is 10.3. The largest absolute Gasteiger partial charge is 0.378 e. The van der Waals surface area contributed by atoms with E-state index < -0.39 is 35.8 Å². The minimum Gasteiger partial charge on any atom is -0.378 e. The molecule has 0 saturated heterocycles. The van der Waals surface area contributed by atoms with Gasteiger partial charge in [-0.2, -0.15) is 0 Å². The first-order valence-corrected chi connectivity index (χ1v) is 14.0. The number of ether oxygens (including phenoxy) is 1. The van der Waals surface area contributed by atoms with Gasteiger partial charge in [0.15, 0.2) is 0 Å². The van der Waals surface area contributed by atoms with Gasteiger partial charge in [-0.25, -0.2) is 13.2 Å². The number of amides is 2. The summed E-state index contributed by atoms with van der Waals surface area (Å²) in [5.41, 5.74) is 7.04. The van der Waals surface area contributed by atoms with Crippen molar-refractivity contribution < 1.29 is 27.5 Å². The molecule has 0 aromatic heterocycles. The summed E-state index contributed by atoms with van der Waals surface area (Å²) in [5, 5.41) is 5.38. The first-order valence-electron chi connectivity index (χ1n) is 13.7. The van der Waals surface area contributed by atoms with Crippen LogP contribution in [0.5, 0.6) is 0 Å². The number of halogens is 4. The first kappa shape index (κ1) is 31.9. The predicted molar refractivity (Wildman–Crippen MR) is 159 cm³/mol. The molecule has 11 heteroatoms. The van der Waals surface area contributed by atoms with E-state index in [-0.39, 0.29) is 41.8 Å². The van der Waals surface area contributed by atoms with Gasteiger partial charge in [-0.05, 0) is 42.0 Å². The van der Waals surface area contributed by atoms with Crippen LogP contribution < -0.4 is 21.3 Å². The molecule has 1 aliphatic rings. The van der Waals surface area contributed by atoms with Crippen LogP contribution in [0.25, 0.3) is 0 Å². The fraction of sp³-hybridized carbons (Fsp3) is 0.312. The molecule has 0 unspecified atom stereocenters. The SMILES string of the molecule is CC1(C)CN(Cc2c(F)cccc2Cl)c2cc(C(=O)NCc3c(F)cc(C#CC(=O)NCCOCCN)cc3F)ccc21. The van der Waals surface area contributed by atoms with E-state index in [9.17, 15) is 22.8 Å². The van der Waals surface area contributed by atoms with Crippen molar-refractivity contribution in [2.45, 2.75) is 32.4 Å². The van der Waals surface area contributed by atoms with Gasteiger partial charge in [-0.1, -0.05) is 43.5 Å². The molecule has 1 heterocycles. The molecule has 1 aliphatic heterocycles. The van der Waals surface area contributed by atoms with Crippen molar-refractivity contribution in [3.8, 4) is 11.8 Å². The quantitative estimate of drug-likeness (QED) is 0.233. The highest BCUT2D eigenvalue weighted by atomic mass is 35.5. The molecule has 0 aliphatic carbocycles. The maximum absolute atomic E-state index is 14.8. The number of nitrogens with one attached hydrogen (secondary N) is 2. The number of nitrogens with zero attached hydrogens (tertiary/aromatic N) is 1. The van der Waals surface area contributed by atoms with Gasteiger partial charge in [0.25, 0.3) is 11.8 Å². The van der Waals surface area contributed by atoms with Crippen molar-refractivity contribution in [3.05, 3.63) is 98.8 Å². The molecule has 3 aromatic rings. The number of hydrogen-bond donors (Lipinski definition) is 3. The van der Waals surface area contributed by atoms with Crippen LogP contribution in [0.1, 0.15) is 46.5 Å². The Balaban J connectivity index is 1.43. The molecule has 4 N–H and O–H groups in total. The lowest BCUT2D eigenvalue weighted by atomic mass is 9.86. The standard InChI is InChI=1S/C32H32ClF3N4O3/c1-32(2)19-40(18-23-25(33)4-3-5-26(23)34)29-16-21(7-8-24(29)32)31(42)39-17-22-27(35)14-20(15-28(22)36)6-9-30(41)38-11-13-43-12-10-37/h3-5,7-8,14-16H,10-13,17-19,37H2,1-2H3,(H,38,41)(H,39,42). The Morgan fingerprint density at radius 3 is 2.47 bits per heavy atom. The van der Waals surface area contributed by atoms with Crippen molar-refractivity contribution in [2.24, 2.45) is 5.73 Å². The van der Waals surface area contributed by atoms with E-state index in [4.69, 9.17) is 22.1 Å². The van der Waals surface area contributed by atoms with Crippen molar-refractivity contribution in [1.82, 2.24) is 10.6 Å². The number of fused-ring (bicyclic) bond motifs is 1. The summed E-state index contributed by atoms with van der Waals surface area (Å²) in [6.07, 6.45) is 0. The maximum Gasteiger partial charge on any atom is 0.296 e. The van der Waals surface area contributed by atoms with E-state index >= 15 is 0 Å². The summed E-state index contributed by atoms with van der Waals surface area (Å²) >= 11 is 6.26. The van der Waals surface area contributed by atoms with Crippen LogP contribution in [0.2, 0.25) is 5.02 Å². The van der Waals surface area contributed by atoms with Gasteiger partial charge in [0.1, 0.15) is 17.5 Å². The van der Waals surface area contributed by atoms with E-state index in [0.29, 0.717) is 30.3 Å². The van der Waals surface area contributed by atoms with E-state index in [1.54, 1.807) is 24.3 Å². The molecule has 0 spiro atoms. The number of benzene rings is 3. The number of hydrogen-bond acceptors (Lipinski definition) is 5. The molecule has 0 fully saturated rings. The van der Waals surface area contributed by atoms with Crippen LogP contribution in [0.3, 0.4) is 0 Å². The van der Waals surface area contributed by atoms with Gasteiger partial charge in [-0.15, -0.1) is 0 Å². The van der Waals surface area contributed by atoms with E-state index in [0.717, 1.165) is 23.4 Å². The summed E-state index contributed by atoms with van der Waals surface area (Å²) in [5.74, 6) is 1.30. The average molecular weight is 613 g/mol. The molecule has 7 nitrogen and oxygen atoms in total. The summed E-state index contributed by atoms with van der Waals surface area (Å²) in [6, 6.07) is 11.7. The van der Waals surface area contributed by atoms with Gasteiger partial charge in [-0.3, -0.25) is 9.59 Å². The van der Waals surface area contributed by atoms with E-state index in [1.807, 2.05) is 11.0 Å². The summed E-state index contributed by atoms with van der Waals surface area (Å²) in [4.78, 5) is 26.8. The highest BCUT2D eigenvalue weighted by Crippen LogP contribution is 2.42. The molecular formula is C32H32ClF3N4O3. The Bertz CT molecular complexity index is 1540. The topological polar surface area (TPSA) is 96.7 Å². The highest BCUT2D eigenvalue weighted by molar-refractivity contribution is 6.31. The zero-order valence-corrected chi connectivity index (χ0v) is 24.6. The first-order chi connectivity index (χ1) is 20.5. The van der Waals surface area contributed by atoms with Crippen molar-refractivity contribution >= 4 is 29.1 Å². The van der Waals surface area contributed by atoms with Crippen LogP contribution in [-0.2, 0) is 28.0 Å². The minimum atomic E-state index is -0.913. The number of nitrogens with two attached hydrogens (primary N) is 1. The predicted octanol–water partition coefficient (Wildman–Crippen LogP) is 4.43. The molecule has 4 rings (SSSR count). The highest BCUT2D eigenvalue weighted by Gasteiger charge is 2.36. The second kappa shape index (κ2) is 14.0. The summed E-state index contributed by atoms with van der Waals surface area (Å²) in [6.45, 7) is 5.70. The third-order valence-corrected chi connectivity index (χ3v) is 7.36. The van der Waals surface area contributed by atoms with Crippen molar-refractivity contribution in [3.63, 3.8) is 0 Å². The van der Waals surface area contributed by atoms with E-state index in [2.05, 4.69) is 36.3 Å². The van der Waals surface area contributed by atoms with E-state index in [1.165, 1.54) is 6.07 Å². The van der Waals surface area contributed by atoms with Gasteiger partial charge >= 0.3 is 0 Å². The smallest absolute Gasteiger partial charge is 0.296 e. The Morgan fingerprint density at radius 2 is 1.77 bits per heavy atom. The Hall–Kier alpha value is -4.04. The molecule has 226 valence electrons. The summed E-state index contributed by atoms with van der Waals surface area (Å²) < 4.78 is 49.2. The summed E-state index contributed by atoms with van der Waals surface area (Å²) in [7, 11) is 0. The van der Waals surface area contributed by atoms with Gasteiger partial charge in [0.2, 0.25) is 0 Å². The third-order valence-electron chi connectivity index (χ3n) is 7.01. The molecule has 0 saturated carbocycles. The lowest BCUT2D eigenvalue weighted by Crippen LogP contribution is -2.28. The molecule has 2 amide bonds. The van der Waals surface area contributed by atoms with Crippen LogP contribution >= 0.6 is 11.6 Å². The Labute approximate surface area is 253 Å². The van der Waals surface area contributed by atoms with Crippen LogP contribution in [-0.4, -0.2) is 44.7 Å². The molecule has 0 radical (unpaired) electrons. The molecule has 43 heavy (non-hydrogen) atoms. The number of carbonyl (C=O) groups is 2. The lowest BCUT2D eigenvalue weighted by molar-refractivity contribution is -0.115. The fourth-order valence-electron chi connectivity index (χ4n) is 4.88. The second-order valence-corrected chi connectivity index (χ2v) is 11.1. The van der Waals surface area contributed by atoms with Crippen molar-refractivity contribution in [1.29, 1.82) is 0 Å². The third kappa shape index (κ3) is 7.87. The second-order valence-electron chi connectivity index (χ2n) is 10.7. The van der Waals surface area contributed by atoms with Gasteiger partial charge in [0, 0.05) is 77.0 Å². The average Bonchev–Trinajstić information content (AvgIpc) is 3.22. The number of carbonyl (C=O) groups excluding carboxylic acids is 2. The number of rotatable bonds is 10. The minimum absolute atomic E-state index is 0.0316. The van der Waals surface area contributed by atoms with Gasteiger partial charge in [0.05, 0.1) is 13.2 Å². The molecule has 0 atom stereocenters. The lowest BCUT2D eigenvalue weighted by Gasteiger charge is -2.23. The molecule has 0 bridgehead atoms. The fourth-order valence-corrected chi connectivity index (χ4v) is 5.10. The monoisotopic (exact) mass is 612 g/mol. The van der Waals surface area contributed by atoms with Crippen LogP contribution in [0.4, 0.5) is 18.9 Å². The van der Waals surface area contributed by atoms with Crippen LogP contribution in [0.15, 0.2) is 48.5 Å². The molecular weight excluding hydrogens is 581 g/mol. The zero-order valence-electron chi connectivity index (χ0n) is 23.8. The normalized spacial score (nSPS) is 13.2. The number of anilines is 1.